The van der Waals surface area contributed by atoms with Crippen LogP contribution in [0.5, 0.6) is 11.5 Å². The Morgan fingerprint density at radius 3 is 2.50 bits per heavy atom. The molecule has 1 aliphatic heterocycles. The molecule has 22 heavy (non-hydrogen) atoms. The number of nitrogens with zero attached hydrogens (tertiary/aromatic N) is 2. The molecule has 2 rings (SSSR count). The highest BCUT2D eigenvalue weighted by Gasteiger charge is 2.26. The second kappa shape index (κ2) is 8.28. The maximum absolute atomic E-state index is 12.2. The minimum atomic E-state index is -0.627. The van der Waals surface area contributed by atoms with Gasteiger partial charge in [-0.25, -0.2) is 0 Å². The summed E-state index contributed by atoms with van der Waals surface area (Å²) in [6.07, 6.45) is 2.45. The zero-order valence-electron chi connectivity index (χ0n) is 13.0. The first-order chi connectivity index (χ1) is 10.8. The smallest absolute Gasteiger partial charge is 0.240 e. The minimum absolute atomic E-state index is 0.0679. The fraction of sp³-hybridized carbons (Fsp3) is 0.529. The molecule has 5 heteroatoms. The van der Waals surface area contributed by atoms with Gasteiger partial charge in [0, 0.05) is 19.5 Å². The number of nitriles is 1. The van der Waals surface area contributed by atoms with Crippen molar-refractivity contribution in [3.05, 3.63) is 24.3 Å². The van der Waals surface area contributed by atoms with Gasteiger partial charge >= 0.3 is 0 Å². The summed E-state index contributed by atoms with van der Waals surface area (Å²) in [5.74, 6) is 0.637. The number of rotatable bonds is 7. The van der Waals surface area contributed by atoms with Gasteiger partial charge in [-0.1, -0.05) is 12.1 Å². The van der Waals surface area contributed by atoms with Gasteiger partial charge < -0.3 is 14.4 Å². The number of carbonyl (C=O) groups excluding carboxylic acids is 1. The van der Waals surface area contributed by atoms with Gasteiger partial charge in [-0.05, 0) is 31.9 Å². The number of ether oxygens (including phenoxy) is 2. The molecule has 118 valence electrons. The number of benzene rings is 1. The normalized spacial score (nSPS) is 15.2. The summed E-state index contributed by atoms with van der Waals surface area (Å²) < 4.78 is 11.2. The van der Waals surface area contributed by atoms with Crippen LogP contribution in [0.15, 0.2) is 24.3 Å². The Morgan fingerprint density at radius 2 is 1.91 bits per heavy atom. The van der Waals surface area contributed by atoms with Crippen molar-refractivity contribution in [2.75, 3.05) is 26.3 Å². The average Bonchev–Trinajstić information content (AvgIpc) is 3.07. The largest absolute Gasteiger partial charge is 0.490 e. The molecule has 1 aliphatic rings. The maximum atomic E-state index is 12.2. The molecule has 1 aromatic rings. The Bertz CT molecular complexity index is 533. The van der Waals surface area contributed by atoms with Gasteiger partial charge in [0.1, 0.15) is 5.92 Å². The molecule has 0 spiro atoms. The van der Waals surface area contributed by atoms with Crippen LogP contribution in [-0.4, -0.2) is 37.1 Å². The van der Waals surface area contributed by atoms with E-state index in [-0.39, 0.29) is 5.91 Å². The van der Waals surface area contributed by atoms with Gasteiger partial charge in [-0.3, -0.25) is 4.79 Å². The molecule has 1 unspecified atom stereocenters. The maximum Gasteiger partial charge on any atom is 0.240 e. The van der Waals surface area contributed by atoms with Crippen molar-refractivity contribution in [1.82, 2.24) is 4.90 Å². The van der Waals surface area contributed by atoms with Crippen molar-refractivity contribution in [1.29, 1.82) is 5.26 Å². The molecule has 0 saturated carbocycles. The first-order valence-electron chi connectivity index (χ1n) is 7.79. The van der Waals surface area contributed by atoms with Gasteiger partial charge in [0.05, 0.1) is 19.3 Å². The molecule has 1 heterocycles. The average molecular weight is 302 g/mol. The molecular formula is C17H22N2O3. The third kappa shape index (κ3) is 4.14. The Labute approximate surface area is 131 Å². The highest BCUT2D eigenvalue weighted by Crippen LogP contribution is 2.26. The number of hydrogen-bond acceptors (Lipinski definition) is 4. The van der Waals surface area contributed by atoms with Crippen LogP contribution in [0.4, 0.5) is 0 Å². The zero-order chi connectivity index (χ0) is 15.8. The first-order valence-corrected chi connectivity index (χ1v) is 7.79. The Kier molecular flexibility index (Phi) is 6.08. The van der Waals surface area contributed by atoms with E-state index in [1.54, 1.807) is 4.90 Å². The lowest BCUT2D eigenvalue weighted by molar-refractivity contribution is -0.133. The third-order valence-electron chi connectivity index (χ3n) is 3.68. The molecule has 1 saturated heterocycles. The molecule has 5 nitrogen and oxygen atoms in total. The van der Waals surface area contributed by atoms with Crippen LogP contribution in [0.3, 0.4) is 0 Å². The second-order valence-corrected chi connectivity index (χ2v) is 5.23. The van der Waals surface area contributed by atoms with Gasteiger partial charge in [0.25, 0.3) is 0 Å². The summed E-state index contributed by atoms with van der Waals surface area (Å²) in [6, 6.07) is 9.53. The molecule has 1 aromatic carbocycles. The van der Waals surface area contributed by atoms with E-state index in [0.717, 1.165) is 25.9 Å². The molecular weight excluding hydrogens is 280 g/mol. The number of carbonyl (C=O) groups is 1. The van der Waals surface area contributed by atoms with Crippen LogP contribution >= 0.6 is 0 Å². The van der Waals surface area contributed by atoms with Gasteiger partial charge in [-0.15, -0.1) is 0 Å². The summed E-state index contributed by atoms with van der Waals surface area (Å²) in [7, 11) is 0. The molecule has 1 fully saturated rings. The third-order valence-corrected chi connectivity index (χ3v) is 3.68. The summed E-state index contributed by atoms with van der Waals surface area (Å²) >= 11 is 0. The van der Waals surface area contributed by atoms with Crippen LogP contribution < -0.4 is 9.47 Å². The predicted molar refractivity (Wildman–Crippen MR) is 82.6 cm³/mol. The van der Waals surface area contributed by atoms with Crippen molar-refractivity contribution in [2.24, 2.45) is 5.92 Å². The SMILES string of the molecule is CCOc1ccccc1OCCC(C#N)C(=O)N1CCCC1. The van der Waals surface area contributed by atoms with Gasteiger partial charge in [0.2, 0.25) is 5.91 Å². The van der Waals surface area contributed by atoms with Crippen molar-refractivity contribution < 1.29 is 14.3 Å². The highest BCUT2D eigenvalue weighted by atomic mass is 16.5. The minimum Gasteiger partial charge on any atom is -0.490 e. The lowest BCUT2D eigenvalue weighted by Crippen LogP contribution is -2.33. The van der Waals surface area contributed by atoms with Crippen molar-refractivity contribution >= 4 is 5.91 Å². The predicted octanol–water partition coefficient (Wildman–Crippen LogP) is 2.62. The quantitative estimate of drug-likeness (QED) is 0.776. The van der Waals surface area contributed by atoms with Crippen LogP contribution in [0.2, 0.25) is 0 Å². The molecule has 0 aromatic heterocycles. The van der Waals surface area contributed by atoms with E-state index in [1.807, 2.05) is 31.2 Å². The first kappa shape index (κ1) is 16.2. The van der Waals surface area contributed by atoms with E-state index in [2.05, 4.69) is 6.07 Å². The lowest BCUT2D eigenvalue weighted by Gasteiger charge is -2.19. The monoisotopic (exact) mass is 302 g/mol. The molecule has 0 aliphatic carbocycles. The van der Waals surface area contributed by atoms with Gasteiger partial charge in [0.15, 0.2) is 11.5 Å². The standard InChI is InChI=1S/C17H22N2O3/c1-2-21-15-7-3-4-8-16(15)22-12-9-14(13-18)17(20)19-10-5-6-11-19/h3-4,7-8,14H,2,5-6,9-12H2,1H3. The fourth-order valence-corrected chi connectivity index (χ4v) is 2.53. The summed E-state index contributed by atoms with van der Waals surface area (Å²) in [6.45, 7) is 4.34. The Balaban J connectivity index is 1.86. The highest BCUT2D eigenvalue weighted by molar-refractivity contribution is 5.81. The number of para-hydroxylation sites is 2. The molecule has 0 N–H and O–H groups in total. The van der Waals surface area contributed by atoms with Crippen LogP contribution in [0.25, 0.3) is 0 Å². The summed E-state index contributed by atoms with van der Waals surface area (Å²) in [4.78, 5) is 14.0. The van der Waals surface area contributed by atoms with Crippen LogP contribution in [0.1, 0.15) is 26.2 Å². The summed E-state index contributed by atoms with van der Waals surface area (Å²) in [5, 5.41) is 9.22. The second-order valence-electron chi connectivity index (χ2n) is 5.23. The Morgan fingerprint density at radius 1 is 1.27 bits per heavy atom. The lowest BCUT2D eigenvalue weighted by atomic mass is 10.1. The van der Waals surface area contributed by atoms with Crippen molar-refractivity contribution in [2.45, 2.75) is 26.2 Å². The summed E-state index contributed by atoms with van der Waals surface area (Å²) in [5.41, 5.74) is 0. The van der Waals surface area contributed by atoms with E-state index >= 15 is 0 Å². The van der Waals surface area contributed by atoms with Gasteiger partial charge in [-0.2, -0.15) is 5.26 Å². The van der Waals surface area contributed by atoms with E-state index in [9.17, 15) is 10.1 Å². The number of likely N-dealkylation sites (tertiary alicyclic amines) is 1. The molecule has 1 amide bonds. The fourth-order valence-electron chi connectivity index (χ4n) is 2.53. The van der Waals surface area contributed by atoms with Crippen molar-refractivity contribution in [3.8, 4) is 17.6 Å². The zero-order valence-corrected chi connectivity index (χ0v) is 13.0. The number of hydrogen-bond donors (Lipinski definition) is 0. The number of amides is 1. The Hall–Kier alpha value is -2.22. The topological polar surface area (TPSA) is 62.6 Å². The van der Waals surface area contributed by atoms with Crippen molar-refractivity contribution in [3.63, 3.8) is 0 Å². The molecule has 0 radical (unpaired) electrons. The van der Waals surface area contributed by atoms with E-state index < -0.39 is 5.92 Å². The van der Waals surface area contributed by atoms with Crippen LogP contribution in [0, 0.1) is 17.2 Å². The van der Waals surface area contributed by atoms with Crippen LogP contribution in [-0.2, 0) is 4.79 Å². The van der Waals surface area contributed by atoms with E-state index in [0.29, 0.717) is 31.1 Å². The van der Waals surface area contributed by atoms with E-state index in [4.69, 9.17) is 9.47 Å². The van der Waals surface area contributed by atoms with E-state index in [1.165, 1.54) is 0 Å². The molecule has 1 atom stereocenters. The molecule has 0 bridgehead atoms.